The van der Waals surface area contributed by atoms with Crippen LogP contribution in [0.5, 0.6) is 0 Å². The minimum Gasteiger partial charge on any atom is -0.389 e. The molecular weight excluding hydrogens is 302 g/mol. The molecule has 0 spiro atoms. The molecule has 0 aromatic rings. The third-order valence-corrected chi connectivity index (χ3v) is 7.04. The summed E-state index contributed by atoms with van der Waals surface area (Å²) < 4.78 is 5.71. The average Bonchev–Trinajstić information content (AvgIpc) is 2.50. The molecule has 122 valence electrons. The molecule has 2 aliphatic rings. The van der Waals surface area contributed by atoms with Crippen LogP contribution in [0, 0.1) is 11.8 Å². The largest absolute Gasteiger partial charge is 0.389 e. The van der Waals surface area contributed by atoms with Gasteiger partial charge in [0, 0.05) is 35.6 Å². The van der Waals surface area contributed by atoms with Gasteiger partial charge in [0.25, 0.3) is 0 Å². The quantitative estimate of drug-likeness (QED) is 0.669. The Kier molecular flexibility index (Phi) is 8.55. The number of aliphatic hydroxyl groups is 1. The first-order chi connectivity index (χ1) is 10.3. The van der Waals surface area contributed by atoms with Gasteiger partial charge in [-0.05, 0) is 24.7 Å². The average molecular weight is 332 g/mol. The van der Waals surface area contributed by atoms with E-state index in [9.17, 15) is 5.11 Å². The summed E-state index contributed by atoms with van der Waals surface area (Å²) in [5, 5.41) is 14.0. The first-order valence-corrected chi connectivity index (χ1v) is 10.3. The van der Waals surface area contributed by atoms with Crippen LogP contribution in [0.25, 0.3) is 0 Å². The summed E-state index contributed by atoms with van der Waals surface area (Å²) in [6, 6.07) is 0. The maximum Gasteiger partial charge on any atom is 0.0897 e. The van der Waals surface area contributed by atoms with E-state index in [2.05, 4.69) is 24.4 Å². The van der Waals surface area contributed by atoms with Crippen molar-refractivity contribution in [1.82, 2.24) is 5.32 Å². The van der Waals surface area contributed by atoms with Gasteiger partial charge in [0.2, 0.25) is 0 Å². The molecule has 3 nitrogen and oxygen atoms in total. The molecule has 1 saturated heterocycles. The second-order valence-corrected chi connectivity index (χ2v) is 8.66. The molecule has 5 heteroatoms. The lowest BCUT2D eigenvalue weighted by Crippen LogP contribution is -2.36. The van der Waals surface area contributed by atoms with Gasteiger partial charge in [-0.3, -0.25) is 0 Å². The molecule has 0 aromatic heterocycles. The molecule has 0 saturated carbocycles. The van der Waals surface area contributed by atoms with Crippen molar-refractivity contribution >= 4 is 23.5 Å². The minimum atomic E-state index is -0.388. The fourth-order valence-electron chi connectivity index (χ4n) is 2.72. The van der Waals surface area contributed by atoms with Crippen LogP contribution in [-0.4, -0.2) is 60.0 Å². The first kappa shape index (κ1) is 17.7. The van der Waals surface area contributed by atoms with Gasteiger partial charge in [-0.15, -0.1) is 0 Å². The summed E-state index contributed by atoms with van der Waals surface area (Å²) in [4.78, 5) is 0. The number of ether oxygens (including phenoxy) is 1. The zero-order valence-corrected chi connectivity index (χ0v) is 14.6. The van der Waals surface area contributed by atoms with Crippen LogP contribution in [0.15, 0.2) is 12.2 Å². The second-order valence-electron chi connectivity index (χ2n) is 6.10. The number of aliphatic hydroxyl groups excluding tert-OH is 1. The molecule has 21 heavy (non-hydrogen) atoms. The van der Waals surface area contributed by atoms with Gasteiger partial charge in [0.05, 0.1) is 19.3 Å². The molecule has 0 radical (unpaired) electrons. The van der Waals surface area contributed by atoms with Crippen LogP contribution >= 0.6 is 23.5 Å². The smallest absolute Gasteiger partial charge is 0.0897 e. The molecule has 1 fully saturated rings. The van der Waals surface area contributed by atoms with Gasteiger partial charge in [-0.1, -0.05) is 19.1 Å². The Hall–Kier alpha value is 0.320. The standard InChI is InChI=1S/C16H29NO2S2/c1-13-4-2-3-5-14(13)10-19-11-15(18)8-17-9-16-12-20-6-7-21-16/h2-3,13-18H,4-12H2,1H3. The Morgan fingerprint density at radius 2 is 2.19 bits per heavy atom. The summed E-state index contributed by atoms with van der Waals surface area (Å²) >= 11 is 4.09. The van der Waals surface area contributed by atoms with Crippen molar-refractivity contribution in [3.8, 4) is 0 Å². The Morgan fingerprint density at radius 3 is 2.95 bits per heavy atom. The van der Waals surface area contributed by atoms with E-state index in [0.29, 0.717) is 30.2 Å². The van der Waals surface area contributed by atoms with Crippen LogP contribution in [0.3, 0.4) is 0 Å². The molecule has 4 atom stereocenters. The fourth-order valence-corrected chi connectivity index (χ4v) is 5.37. The normalized spacial score (nSPS) is 31.2. The lowest BCUT2D eigenvalue weighted by molar-refractivity contribution is 0.0130. The predicted octanol–water partition coefficient (Wildman–Crippen LogP) is 2.40. The van der Waals surface area contributed by atoms with E-state index >= 15 is 0 Å². The van der Waals surface area contributed by atoms with Gasteiger partial charge in [0.15, 0.2) is 0 Å². The number of nitrogens with one attached hydrogen (secondary N) is 1. The predicted molar refractivity (Wildman–Crippen MR) is 94.3 cm³/mol. The molecule has 0 bridgehead atoms. The molecule has 1 aliphatic carbocycles. The van der Waals surface area contributed by atoms with Gasteiger partial charge in [-0.25, -0.2) is 0 Å². The molecule has 2 N–H and O–H groups in total. The summed E-state index contributed by atoms with van der Waals surface area (Å²) in [6.45, 7) is 5.15. The highest BCUT2D eigenvalue weighted by Gasteiger charge is 2.19. The number of thioether (sulfide) groups is 2. The molecule has 1 aliphatic heterocycles. The Bertz CT molecular complexity index is 309. The van der Waals surface area contributed by atoms with Crippen molar-refractivity contribution in [1.29, 1.82) is 0 Å². The third-order valence-electron chi connectivity index (χ3n) is 4.20. The number of hydrogen-bond acceptors (Lipinski definition) is 5. The highest BCUT2D eigenvalue weighted by atomic mass is 32.2. The summed E-state index contributed by atoms with van der Waals surface area (Å²) in [6.07, 6.45) is 6.41. The van der Waals surface area contributed by atoms with Crippen molar-refractivity contribution < 1.29 is 9.84 Å². The summed E-state index contributed by atoms with van der Waals surface area (Å²) in [5.41, 5.74) is 0. The van der Waals surface area contributed by atoms with Gasteiger partial charge in [0.1, 0.15) is 0 Å². The Labute approximate surface area is 137 Å². The highest BCUT2D eigenvalue weighted by Crippen LogP contribution is 2.25. The fraction of sp³-hybridized carbons (Fsp3) is 0.875. The molecule has 0 amide bonds. The molecular formula is C16H29NO2S2. The van der Waals surface area contributed by atoms with E-state index < -0.39 is 0 Å². The number of hydrogen-bond donors (Lipinski definition) is 2. The van der Waals surface area contributed by atoms with Crippen LogP contribution in [0.4, 0.5) is 0 Å². The van der Waals surface area contributed by atoms with E-state index in [-0.39, 0.29) is 6.10 Å². The van der Waals surface area contributed by atoms with E-state index in [4.69, 9.17) is 4.74 Å². The molecule has 4 unspecified atom stereocenters. The lowest BCUT2D eigenvalue weighted by Gasteiger charge is -2.25. The lowest BCUT2D eigenvalue weighted by atomic mass is 9.85. The van der Waals surface area contributed by atoms with Gasteiger partial charge >= 0.3 is 0 Å². The topological polar surface area (TPSA) is 41.5 Å². The van der Waals surface area contributed by atoms with Crippen molar-refractivity contribution in [2.75, 3.05) is 43.6 Å². The number of rotatable bonds is 8. The van der Waals surface area contributed by atoms with Crippen LogP contribution in [0.2, 0.25) is 0 Å². The van der Waals surface area contributed by atoms with E-state index in [1.54, 1.807) is 0 Å². The molecule has 2 rings (SSSR count). The van der Waals surface area contributed by atoms with Crippen LogP contribution in [-0.2, 0) is 4.74 Å². The van der Waals surface area contributed by atoms with Crippen molar-refractivity contribution in [2.45, 2.75) is 31.1 Å². The monoisotopic (exact) mass is 331 g/mol. The zero-order chi connectivity index (χ0) is 14.9. The van der Waals surface area contributed by atoms with Gasteiger partial charge < -0.3 is 15.2 Å². The highest BCUT2D eigenvalue weighted by molar-refractivity contribution is 8.06. The van der Waals surface area contributed by atoms with Crippen molar-refractivity contribution in [2.24, 2.45) is 11.8 Å². The zero-order valence-electron chi connectivity index (χ0n) is 13.0. The van der Waals surface area contributed by atoms with E-state index in [1.165, 1.54) is 17.3 Å². The molecule has 0 aromatic carbocycles. The summed E-state index contributed by atoms with van der Waals surface area (Å²) in [5.74, 6) is 5.09. The Morgan fingerprint density at radius 1 is 1.33 bits per heavy atom. The maximum absolute atomic E-state index is 9.96. The van der Waals surface area contributed by atoms with Gasteiger partial charge in [-0.2, -0.15) is 23.5 Å². The van der Waals surface area contributed by atoms with Crippen molar-refractivity contribution in [3.05, 3.63) is 12.2 Å². The number of allylic oxidation sites excluding steroid dienone is 2. The minimum absolute atomic E-state index is 0.388. The third kappa shape index (κ3) is 6.95. The SMILES string of the molecule is CC1CC=CCC1COCC(O)CNCC1CSCCS1. The van der Waals surface area contributed by atoms with Crippen molar-refractivity contribution in [3.63, 3.8) is 0 Å². The molecule has 1 heterocycles. The van der Waals surface area contributed by atoms with Crippen LogP contribution < -0.4 is 5.32 Å². The van der Waals surface area contributed by atoms with Crippen LogP contribution in [0.1, 0.15) is 19.8 Å². The Balaban J connectivity index is 1.49. The first-order valence-electron chi connectivity index (χ1n) is 8.06. The maximum atomic E-state index is 9.96. The second kappa shape index (κ2) is 10.2. The van der Waals surface area contributed by atoms with E-state index in [0.717, 1.165) is 26.0 Å². The van der Waals surface area contributed by atoms with E-state index in [1.807, 2.05) is 23.5 Å². The summed E-state index contributed by atoms with van der Waals surface area (Å²) in [7, 11) is 0.